The molecule has 4 atom stereocenters. The van der Waals surface area contributed by atoms with Gasteiger partial charge in [-0.05, 0) is 43.2 Å². The van der Waals surface area contributed by atoms with Crippen LogP contribution in [0.5, 0.6) is 0 Å². The number of hydrogen-bond donors (Lipinski definition) is 2. The average Bonchev–Trinajstić information content (AvgIpc) is 2.50. The molecule has 2 heteroatoms. The summed E-state index contributed by atoms with van der Waals surface area (Å²) >= 11 is 0. The predicted octanol–water partition coefficient (Wildman–Crippen LogP) is 4.23. The molecule has 0 amide bonds. The number of rotatable bonds is 6. The van der Waals surface area contributed by atoms with Crippen LogP contribution in [-0.4, -0.2) is 17.2 Å². The summed E-state index contributed by atoms with van der Waals surface area (Å²) in [6, 6.07) is 9.13. The van der Waals surface area contributed by atoms with Gasteiger partial charge >= 0.3 is 0 Å². The van der Waals surface area contributed by atoms with Crippen LogP contribution in [0.25, 0.3) is 0 Å². The fourth-order valence-electron chi connectivity index (χ4n) is 3.45. The highest BCUT2D eigenvalue weighted by Crippen LogP contribution is 2.26. The van der Waals surface area contributed by atoms with E-state index >= 15 is 0 Å². The number of aryl methyl sites for hydroxylation is 1. The molecule has 1 aliphatic carbocycles. The van der Waals surface area contributed by atoms with Crippen molar-refractivity contribution in [3.63, 3.8) is 0 Å². The lowest BCUT2D eigenvalue weighted by molar-refractivity contribution is 0.117. The number of hydrogen-bond acceptors (Lipinski definition) is 2. The van der Waals surface area contributed by atoms with Crippen LogP contribution in [0.15, 0.2) is 24.3 Å². The van der Waals surface area contributed by atoms with E-state index in [0.29, 0.717) is 6.04 Å². The topological polar surface area (TPSA) is 32.3 Å². The van der Waals surface area contributed by atoms with Crippen LogP contribution in [-0.2, 0) is 6.42 Å². The largest absolute Gasteiger partial charge is 0.387 e. The number of aliphatic hydroxyl groups excluding tert-OH is 1. The minimum atomic E-state index is -0.421. The maximum Gasteiger partial charge on any atom is 0.0940 e. The molecule has 1 aromatic rings. The molecule has 118 valence electrons. The van der Waals surface area contributed by atoms with E-state index in [-0.39, 0.29) is 6.04 Å². The normalized spacial score (nSPS) is 25.5. The molecule has 1 aromatic carbocycles. The summed E-state index contributed by atoms with van der Waals surface area (Å²) in [6.45, 7) is 6.63. The molecule has 21 heavy (non-hydrogen) atoms. The highest BCUT2D eigenvalue weighted by atomic mass is 16.3. The van der Waals surface area contributed by atoms with Crippen molar-refractivity contribution in [3.05, 3.63) is 35.4 Å². The van der Waals surface area contributed by atoms with Crippen molar-refractivity contribution in [3.8, 4) is 0 Å². The zero-order chi connectivity index (χ0) is 15.2. The molecule has 0 bridgehead atoms. The smallest absolute Gasteiger partial charge is 0.0940 e. The van der Waals surface area contributed by atoms with Gasteiger partial charge in [-0.25, -0.2) is 0 Å². The first-order valence-electron chi connectivity index (χ1n) is 8.64. The molecule has 0 heterocycles. The van der Waals surface area contributed by atoms with Crippen LogP contribution in [0.2, 0.25) is 0 Å². The van der Waals surface area contributed by atoms with Crippen molar-refractivity contribution < 1.29 is 5.11 Å². The summed E-state index contributed by atoms with van der Waals surface area (Å²) in [6.07, 6.45) is 7.09. The summed E-state index contributed by atoms with van der Waals surface area (Å²) in [5.41, 5.74) is 2.38. The summed E-state index contributed by atoms with van der Waals surface area (Å²) in [5, 5.41) is 14.2. The van der Waals surface area contributed by atoms with Crippen molar-refractivity contribution in [2.75, 3.05) is 0 Å². The second-order valence-electron chi connectivity index (χ2n) is 6.76. The van der Waals surface area contributed by atoms with Gasteiger partial charge in [0.25, 0.3) is 0 Å². The van der Waals surface area contributed by atoms with E-state index in [0.717, 1.165) is 17.9 Å². The van der Waals surface area contributed by atoms with Crippen LogP contribution in [0.3, 0.4) is 0 Å². The van der Waals surface area contributed by atoms with Gasteiger partial charge in [-0.3, -0.25) is 0 Å². The molecule has 0 aliphatic heterocycles. The fourth-order valence-corrected chi connectivity index (χ4v) is 3.45. The lowest BCUT2D eigenvalue weighted by Crippen LogP contribution is -2.44. The average molecular weight is 289 g/mol. The van der Waals surface area contributed by atoms with Crippen LogP contribution in [0, 0.1) is 5.92 Å². The number of nitrogens with one attached hydrogen (secondary N) is 1. The Hall–Kier alpha value is -0.860. The fraction of sp³-hybridized carbons (Fsp3) is 0.684. The van der Waals surface area contributed by atoms with Gasteiger partial charge in [-0.15, -0.1) is 0 Å². The van der Waals surface area contributed by atoms with Gasteiger partial charge in [0.2, 0.25) is 0 Å². The molecule has 2 nitrogen and oxygen atoms in total. The predicted molar refractivity (Wildman–Crippen MR) is 89.4 cm³/mol. The first-order valence-corrected chi connectivity index (χ1v) is 8.64. The standard InChI is InChI=1S/C19H31NO/c1-4-7-16-10-12-17(13-11-16)19(21)15(3)20-18-9-6-5-8-14(18)2/h10-15,18-21H,4-9H2,1-3H3. The van der Waals surface area contributed by atoms with Gasteiger partial charge in [0, 0.05) is 12.1 Å². The van der Waals surface area contributed by atoms with Gasteiger partial charge in [0.05, 0.1) is 6.10 Å². The number of aliphatic hydroxyl groups is 1. The van der Waals surface area contributed by atoms with E-state index in [2.05, 4.69) is 50.4 Å². The van der Waals surface area contributed by atoms with Crippen molar-refractivity contribution in [2.45, 2.75) is 77.5 Å². The number of benzene rings is 1. The van der Waals surface area contributed by atoms with Gasteiger partial charge in [-0.2, -0.15) is 0 Å². The van der Waals surface area contributed by atoms with Crippen molar-refractivity contribution in [1.29, 1.82) is 0 Å². The third-order valence-electron chi connectivity index (χ3n) is 4.92. The first kappa shape index (κ1) is 16.5. The maximum absolute atomic E-state index is 10.6. The van der Waals surface area contributed by atoms with Crippen LogP contribution in [0.4, 0.5) is 0 Å². The Bertz CT molecular complexity index is 414. The Morgan fingerprint density at radius 2 is 1.86 bits per heavy atom. The minimum absolute atomic E-state index is 0.104. The SMILES string of the molecule is CCCc1ccc(C(O)C(C)NC2CCCCC2C)cc1. The maximum atomic E-state index is 10.6. The molecule has 1 fully saturated rings. The summed E-state index contributed by atoms with van der Waals surface area (Å²) in [5.74, 6) is 0.723. The Balaban J connectivity index is 1.93. The van der Waals surface area contributed by atoms with E-state index in [9.17, 15) is 5.11 Å². The molecule has 0 radical (unpaired) electrons. The second kappa shape index (κ2) is 7.95. The third kappa shape index (κ3) is 4.55. The second-order valence-corrected chi connectivity index (χ2v) is 6.76. The van der Waals surface area contributed by atoms with Crippen molar-refractivity contribution in [2.24, 2.45) is 5.92 Å². The summed E-state index contributed by atoms with van der Waals surface area (Å²) in [4.78, 5) is 0. The zero-order valence-corrected chi connectivity index (χ0v) is 13.8. The van der Waals surface area contributed by atoms with E-state index in [1.165, 1.54) is 37.7 Å². The third-order valence-corrected chi connectivity index (χ3v) is 4.92. The van der Waals surface area contributed by atoms with Crippen molar-refractivity contribution in [1.82, 2.24) is 5.32 Å². The highest BCUT2D eigenvalue weighted by Gasteiger charge is 2.25. The van der Waals surface area contributed by atoms with E-state index in [1.54, 1.807) is 0 Å². The van der Waals surface area contributed by atoms with Gasteiger partial charge in [-0.1, -0.05) is 57.4 Å². The lowest BCUT2D eigenvalue weighted by atomic mass is 9.85. The molecular formula is C19H31NO. The first-order chi connectivity index (χ1) is 10.1. The lowest BCUT2D eigenvalue weighted by Gasteiger charge is -2.33. The van der Waals surface area contributed by atoms with Crippen LogP contribution in [0.1, 0.15) is 70.1 Å². The Kier molecular flexibility index (Phi) is 6.25. The molecule has 4 unspecified atom stereocenters. The van der Waals surface area contributed by atoms with E-state index in [4.69, 9.17) is 0 Å². The Labute approximate surface area is 130 Å². The molecule has 0 saturated heterocycles. The van der Waals surface area contributed by atoms with E-state index in [1.807, 2.05) is 0 Å². The summed E-state index contributed by atoms with van der Waals surface area (Å²) in [7, 11) is 0. The molecular weight excluding hydrogens is 258 g/mol. The quantitative estimate of drug-likeness (QED) is 0.821. The highest BCUT2D eigenvalue weighted by molar-refractivity contribution is 5.25. The summed E-state index contributed by atoms with van der Waals surface area (Å²) < 4.78 is 0. The van der Waals surface area contributed by atoms with Crippen LogP contribution < -0.4 is 5.32 Å². The van der Waals surface area contributed by atoms with Gasteiger partial charge in [0.1, 0.15) is 0 Å². The molecule has 0 spiro atoms. The zero-order valence-electron chi connectivity index (χ0n) is 13.8. The van der Waals surface area contributed by atoms with Gasteiger partial charge < -0.3 is 10.4 Å². The van der Waals surface area contributed by atoms with Gasteiger partial charge in [0.15, 0.2) is 0 Å². The molecule has 2 rings (SSSR count). The van der Waals surface area contributed by atoms with Crippen LogP contribution >= 0.6 is 0 Å². The Morgan fingerprint density at radius 3 is 2.48 bits per heavy atom. The minimum Gasteiger partial charge on any atom is -0.387 e. The molecule has 1 aliphatic rings. The molecule has 2 N–H and O–H groups in total. The van der Waals surface area contributed by atoms with E-state index < -0.39 is 6.10 Å². The monoisotopic (exact) mass is 289 g/mol. The molecule has 0 aromatic heterocycles. The van der Waals surface area contributed by atoms with Crippen molar-refractivity contribution >= 4 is 0 Å². The molecule has 1 saturated carbocycles. The Morgan fingerprint density at radius 1 is 1.19 bits per heavy atom.